The van der Waals surface area contributed by atoms with Crippen LogP contribution in [-0.4, -0.2) is 50.2 Å². The molecule has 0 radical (unpaired) electrons. The van der Waals surface area contributed by atoms with E-state index in [0.717, 1.165) is 13.0 Å². The molecule has 0 aliphatic rings. The fourth-order valence-corrected chi connectivity index (χ4v) is 1.15. The summed E-state index contributed by atoms with van der Waals surface area (Å²) in [7, 11) is 6.25. The molecule has 0 rings (SSSR count). The molecule has 0 fully saturated rings. The lowest BCUT2D eigenvalue weighted by Crippen LogP contribution is -2.42. The number of nitrogens with two attached hydrogens (primary N) is 1. The molecule has 0 unspecified atom stereocenters. The third-order valence-corrected chi connectivity index (χ3v) is 1.96. The van der Waals surface area contributed by atoms with E-state index in [1.54, 1.807) is 0 Å². The second kappa shape index (κ2) is 5.52. The third-order valence-electron chi connectivity index (χ3n) is 1.96. The number of nitrogens with zero attached hydrogens (tertiary/aromatic N) is 2. The summed E-state index contributed by atoms with van der Waals surface area (Å²) in [6, 6.07) is 0.593. The molecule has 2 N–H and O–H groups in total. The molecule has 0 amide bonds. The van der Waals surface area contributed by atoms with Gasteiger partial charge < -0.3 is 10.6 Å². The minimum atomic E-state index is 0.593. The molecule has 3 heteroatoms. The average Bonchev–Trinajstić information content (AvgIpc) is 1.98. The zero-order valence-corrected chi connectivity index (χ0v) is 8.17. The van der Waals surface area contributed by atoms with Crippen LogP contribution in [0.15, 0.2) is 0 Å². The van der Waals surface area contributed by atoms with Gasteiger partial charge in [-0.2, -0.15) is 0 Å². The normalized spacial score (nSPS) is 14.5. The summed E-state index contributed by atoms with van der Waals surface area (Å²) in [5, 5.41) is 0. The van der Waals surface area contributed by atoms with Crippen LogP contribution in [-0.2, 0) is 0 Å². The standard InChI is InChI=1S/C8H21N3/c1-5-8(6-10(2)3)11(4)7-9/h8H,5-7,9H2,1-4H3/t8-/m0/s1. The van der Waals surface area contributed by atoms with Gasteiger partial charge in [0.05, 0.1) is 0 Å². The van der Waals surface area contributed by atoms with E-state index >= 15 is 0 Å². The first kappa shape index (κ1) is 10.9. The van der Waals surface area contributed by atoms with E-state index in [2.05, 4.69) is 37.9 Å². The fourth-order valence-electron chi connectivity index (χ4n) is 1.15. The van der Waals surface area contributed by atoms with E-state index < -0.39 is 0 Å². The first-order valence-electron chi connectivity index (χ1n) is 4.16. The fraction of sp³-hybridized carbons (Fsp3) is 1.00. The molecule has 0 bridgehead atoms. The highest BCUT2D eigenvalue weighted by atomic mass is 15.2. The Hall–Kier alpha value is -0.120. The lowest BCUT2D eigenvalue weighted by Gasteiger charge is -2.27. The summed E-state index contributed by atoms with van der Waals surface area (Å²) < 4.78 is 0. The van der Waals surface area contributed by atoms with Gasteiger partial charge in [-0.3, -0.25) is 4.90 Å². The van der Waals surface area contributed by atoms with E-state index in [9.17, 15) is 0 Å². The Labute approximate surface area is 70.2 Å². The molecule has 68 valence electrons. The molecule has 3 nitrogen and oxygen atoms in total. The van der Waals surface area contributed by atoms with Crippen LogP contribution in [0.25, 0.3) is 0 Å². The van der Waals surface area contributed by atoms with Gasteiger partial charge in [-0.25, -0.2) is 0 Å². The highest BCUT2D eigenvalue weighted by Crippen LogP contribution is 2.00. The van der Waals surface area contributed by atoms with Crippen LogP contribution in [0.3, 0.4) is 0 Å². The Bertz CT molecular complexity index is 93.3. The maximum absolute atomic E-state index is 5.53. The van der Waals surface area contributed by atoms with Gasteiger partial charge in [0.2, 0.25) is 0 Å². The van der Waals surface area contributed by atoms with Crippen molar-refractivity contribution in [3.63, 3.8) is 0 Å². The Balaban J connectivity index is 3.74. The second-order valence-electron chi connectivity index (χ2n) is 3.26. The lowest BCUT2D eigenvalue weighted by molar-refractivity contribution is 0.194. The van der Waals surface area contributed by atoms with Crippen LogP contribution in [0.2, 0.25) is 0 Å². The largest absolute Gasteiger partial charge is 0.318 e. The summed E-state index contributed by atoms with van der Waals surface area (Å²) >= 11 is 0. The first-order valence-corrected chi connectivity index (χ1v) is 4.16. The molecule has 11 heavy (non-hydrogen) atoms. The van der Waals surface area contributed by atoms with Gasteiger partial charge in [-0.15, -0.1) is 0 Å². The zero-order chi connectivity index (χ0) is 8.85. The van der Waals surface area contributed by atoms with Crippen molar-refractivity contribution in [2.24, 2.45) is 5.73 Å². The molecule has 0 heterocycles. The molecule has 0 aromatic heterocycles. The Morgan fingerprint density at radius 3 is 2.09 bits per heavy atom. The van der Waals surface area contributed by atoms with Gasteiger partial charge in [0, 0.05) is 19.3 Å². The Morgan fingerprint density at radius 1 is 1.27 bits per heavy atom. The van der Waals surface area contributed by atoms with Gasteiger partial charge in [-0.1, -0.05) is 6.92 Å². The number of hydrogen-bond donors (Lipinski definition) is 1. The highest BCUT2D eigenvalue weighted by Gasteiger charge is 2.10. The van der Waals surface area contributed by atoms with Crippen LogP contribution in [0.1, 0.15) is 13.3 Å². The maximum Gasteiger partial charge on any atom is 0.0455 e. The second-order valence-corrected chi connectivity index (χ2v) is 3.26. The molecule has 0 aliphatic heterocycles. The summed E-state index contributed by atoms with van der Waals surface area (Å²) in [5.74, 6) is 0. The van der Waals surface area contributed by atoms with Crippen molar-refractivity contribution >= 4 is 0 Å². The van der Waals surface area contributed by atoms with Gasteiger partial charge in [-0.05, 0) is 27.6 Å². The molecule has 0 aromatic rings. The van der Waals surface area contributed by atoms with Crippen molar-refractivity contribution in [1.29, 1.82) is 0 Å². The van der Waals surface area contributed by atoms with Crippen LogP contribution in [0.5, 0.6) is 0 Å². The molecular weight excluding hydrogens is 138 g/mol. The minimum absolute atomic E-state index is 0.593. The summed E-state index contributed by atoms with van der Waals surface area (Å²) in [5.41, 5.74) is 5.53. The number of hydrogen-bond acceptors (Lipinski definition) is 3. The summed E-state index contributed by atoms with van der Waals surface area (Å²) in [6.07, 6.45) is 1.16. The van der Waals surface area contributed by atoms with Crippen molar-refractivity contribution in [1.82, 2.24) is 9.80 Å². The predicted molar refractivity (Wildman–Crippen MR) is 49.5 cm³/mol. The van der Waals surface area contributed by atoms with Gasteiger partial charge in [0.15, 0.2) is 0 Å². The molecule has 0 spiro atoms. The molecule has 0 aromatic carbocycles. The zero-order valence-electron chi connectivity index (χ0n) is 8.17. The smallest absolute Gasteiger partial charge is 0.0455 e. The Kier molecular flexibility index (Phi) is 5.46. The van der Waals surface area contributed by atoms with E-state index in [1.165, 1.54) is 0 Å². The third kappa shape index (κ3) is 4.35. The quantitative estimate of drug-likeness (QED) is 0.581. The van der Waals surface area contributed by atoms with Crippen molar-refractivity contribution in [2.45, 2.75) is 19.4 Å². The highest BCUT2D eigenvalue weighted by molar-refractivity contribution is 4.67. The summed E-state index contributed by atoms with van der Waals surface area (Å²) in [4.78, 5) is 4.38. The van der Waals surface area contributed by atoms with Crippen LogP contribution in [0.4, 0.5) is 0 Å². The van der Waals surface area contributed by atoms with Gasteiger partial charge in [0.25, 0.3) is 0 Å². The van der Waals surface area contributed by atoms with Crippen LogP contribution >= 0.6 is 0 Å². The molecule has 1 atom stereocenters. The maximum atomic E-state index is 5.53. The monoisotopic (exact) mass is 159 g/mol. The van der Waals surface area contributed by atoms with E-state index in [-0.39, 0.29) is 0 Å². The van der Waals surface area contributed by atoms with Crippen molar-refractivity contribution in [3.8, 4) is 0 Å². The summed E-state index contributed by atoms with van der Waals surface area (Å²) in [6.45, 7) is 3.93. The van der Waals surface area contributed by atoms with Crippen molar-refractivity contribution in [3.05, 3.63) is 0 Å². The van der Waals surface area contributed by atoms with E-state index in [1.807, 2.05) is 0 Å². The molecule has 0 aliphatic carbocycles. The molecule has 0 saturated carbocycles. The van der Waals surface area contributed by atoms with Crippen LogP contribution < -0.4 is 5.73 Å². The number of likely N-dealkylation sites (N-methyl/N-ethyl adjacent to an activating group) is 2. The molecular formula is C8H21N3. The minimum Gasteiger partial charge on any atom is -0.318 e. The van der Waals surface area contributed by atoms with E-state index in [4.69, 9.17) is 5.73 Å². The lowest BCUT2D eigenvalue weighted by atomic mass is 10.2. The average molecular weight is 159 g/mol. The van der Waals surface area contributed by atoms with Crippen molar-refractivity contribution in [2.75, 3.05) is 34.4 Å². The number of rotatable bonds is 5. The van der Waals surface area contributed by atoms with Gasteiger partial charge >= 0.3 is 0 Å². The van der Waals surface area contributed by atoms with Crippen molar-refractivity contribution < 1.29 is 0 Å². The van der Waals surface area contributed by atoms with Gasteiger partial charge in [0.1, 0.15) is 0 Å². The Morgan fingerprint density at radius 2 is 1.82 bits per heavy atom. The van der Waals surface area contributed by atoms with Crippen LogP contribution in [0, 0.1) is 0 Å². The SMILES string of the molecule is CC[C@@H](CN(C)C)N(C)CN. The molecule has 0 saturated heterocycles. The predicted octanol–water partition coefficient (Wildman–Crippen LogP) is 0.175. The topological polar surface area (TPSA) is 32.5 Å². The van der Waals surface area contributed by atoms with E-state index in [0.29, 0.717) is 12.7 Å². The first-order chi connectivity index (χ1) is 5.11.